The molecule has 1 amide bonds. The molecule has 3 aromatic carbocycles. The number of Topliss-reactive ketones (excluding diaryl/α,β-unsaturated/α-hetero) is 1. The van der Waals surface area contributed by atoms with Gasteiger partial charge in [0.15, 0.2) is 40.2 Å². The van der Waals surface area contributed by atoms with Crippen molar-refractivity contribution in [2.75, 3.05) is 6.61 Å². The van der Waals surface area contributed by atoms with Gasteiger partial charge in [-0.05, 0) is 103 Å². The lowest BCUT2D eigenvalue weighted by Gasteiger charge is -2.68. The highest BCUT2D eigenvalue weighted by Gasteiger charge is 2.79. The maximum atomic E-state index is 16.6. The zero-order chi connectivity index (χ0) is 56.5. The molecule has 1 saturated heterocycles. The van der Waals surface area contributed by atoms with E-state index in [9.17, 15) is 24.3 Å². The molecule has 2 bridgehead atoms. The number of carbonyl (C=O) groups excluding carboxylic acids is 6. The Morgan fingerprint density at radius 3 is 1.88 bits per heavy atom. The van der Waals surface area contributed by atoms with E-state index < -0.39 is 129 Å². The number of benzene rings is 3. The van der Waals surface area contributed by atoms with Crippen LogP contribution in [0, 0.1) is 16.7 Å². The highest BCUT2D eigenvalue weighted by atomic mass is 79.9. The fourth-order valence-corrected chi connectivity index (χ4v) is 19.2. The van der Waals surface area contributed by atoms with Crippen LogP contribution in [0.3, 0.4) is 0 Å². The molecule has 7 rings (SSSR count). The first-order valence-electron chi connectivity index (χ1n) is 27.3. The van der Waals surface area contributed by atoms with Crippen molar-refractivity contribution in [2.24, 2.45) is 16.7 Å². The largest absolute Gasteiger partial charge is 0.456 e. The van der Waals surface area contributed by atoms with E-state index in [1.54, 1.807) is 107 Å². The van der Waals surface area contributed by atoms with Crippen molar-refractivity contribution in [3.63, 3.8) is 0 Å². The second-order valence-corrected chi connectivity index (χ2v) is 32.5. The molecule has 1 heterocycles. The molecule has 0 aromatic heterocycles. The molecular weight excluding hydrogens is 1080 g/mol. The smallest absolute Gasteiger partial charge is 0.338 e. The van der Waals surface area contributed by atoms with E-state index in [1.807, 2.05) is 26.8 Å². The second-order valence-electron chi connectivity index (χ2n) is 22.2. The van der Waals surface area contributed by atoms with Crippen LogP contribution in [0.2, 0.25) is 36.3 Å². The van der Waals surface area contributed by atoms with E-state index in [2.05, 4.69) is 42.0 Å². The minimum absolute atomic E-state index is 0.0897. The summed E-state index contributed by atoms with van der Waals surface area (Å²) in [5.74, 6) is -5.75. The molecule has 4 aliphatic rings. The molecular formula is C59H78BrNO14Si2. The zero-order valence-electron chi connectivity index (χ0n) is 46.7. The quantitative estimate of drug-likeness (QED) is 0.0469. The van der Waals surface area contributed by atoms with Crippen molar-refractivity contribution in [3.8, 4) is 0 Å². The molecule has 418 valence electrons. The molecule has 2 N–H and O–H groups in total. The van der Waals surface area contributed by atoms with Gasteiger partial charge < -0.3 is 43.0 Å². The van der Waals surface area contributed by atoms with Crippen molar-refractivity contribution in [3.05, 3.63) is 117 Å². The van der Waals surface area contributed by atoms with Crippen LogP contribution in [0.5, 0.6) is 0 Å². The van der Waals surface area contributed by atoms with Crippen LogP contribution < -0.4 is 5.32 Å². The Bertz CT molecular complexity index is 2700. The minimum atomic E-state index is -2.78. The maximum absolute atomic E-state index is 16.6. The average molecular weight is 1160 g/mol. The van der Waals surface area contributed by atoms with E-state index in [0.29, 0.717) is 57.4 Å². The molecule has 2 saturated carbocycles. The first kappa shape index (κ1) is 59.8. The van der Waals surface area contributed by atoms with Crippen molar-refractivity contribution < 1.29 is 66.4 Å². The van der Waals surface area contributed by atoms with E-state index in [0.717, 1.165) is 0 Å². The molecule has 1 aliphatic heterocycles. The maximum Gasteiger partial charge on any atom is 0.338 e. The van der Waals surface area contributed by atoms with Gasteiger partial charge in [-0.3, -0.25) is 19.2 Å². The number of carbonyl (C=O) groups is 6. The summed E-state index contributed by atoms with van der Waals surface area (Å²) in [6, 6.07) is 26.9. The number of fused-ring (bicyclic) bond motifs is 5. The van der Waals surface area contributed by atoms with Crippen LogP contribution in [0.25, 0.3) is 0 Å². The van der Waals surface area contributed by atoms with E-state index in [-0.39, 0.29) is 24.2 Å². The molecule has 77 heavy (non-hydrogen) atoms. The van der Waals surface area contributed by atoms with Gasteiger partial charge >= 0.3 is 23.9 Å². The van der Waals surface area contributed by atoms with Gasteiger partial charge in [0.2, 0.25) is 0 Å². The van der Waals surface area contributed by atoms with Gasteiger partial charge in [0.25, 0.3) is 5.91 Å². The summed E-state index contributed by atoms with van der Waals surface area (Å²) in [5.41, 5.74) is -6.01. The van der Waals surface area contributed by atoms with E-state index >= 15 is 9.59 Å². The first-order chi connectivity index (χ1) is 36.4. The Balaban J connectivity index is 1.50. The summed E-state index contributed by atoms with van der Waals surface area (Å²) >= 11 is 3.59. The normalized spacial score (nSPS) is 28.5. The summed E-state index contributed by atoms with van der Waals surface area (Å²) < 4.78 is 47.9. The van der Waals surface area contributed by atoms with E-state index in [1.165, 1.54) is 13.8 Å². The summed E-state index contributed by atoms with van der Waals surface area (Å²) in [4.78, 5) is 88.9. The molecule has 11 atom stereocenters. The lowest BCUT2D eigenvalue weighted by atomic mass is 9.44. The number of ketones is 1. The van der Waals surface area contributed by atoms with Gasteiger partial charge in [-0.2, -0.15) is 0 Å². The number of nitrogens with one attached hydrogen (secondary N) is 1. The Hall–Kier alpha value is -4.83. The molecule has 15 nitrogen and oxygen atoms in total. The molecule has 3 aliphatic carbocycles. The number of amides is 1. The van der Waals surface area contributed by atoms with Gasteiger partial charge in [-0.25, -0.2) is 9.59 Å². The number of hydrogen-bond donors (Lipinski definition) is 2. The van der Waals surface area contributed by atoms with Crippen LogP contribution in [0.1, 0.15) is 128 Å². The van der Waals surface area contributed by atoms with Gasteiger partial charge in [0, 0.05) is 42.1 Å². The van der Waals surface area contributed by atoms with Gasteiger partial charge in [-0.1, -0.05) is 120 Å². The van der Waals surface area contributed by atoms with Crippen LogP contribution in [0.4, 0.5) is 0 Å². The lowest BCUT2D eigenvalue weighted by molar-refractivity contribution is -0.344. The van der Waals surface area contributed by atoms with Crippen LogP contribution >= 0.6 is 15.9 Å². The van der Waals surface area contributed by atoms with Crippen molar-refractivity contribution in [1.82, 2.24) is 5.32 Å². The summed E-state index contributed by atoms with van der Waals surface area (Å²) in [5, 5.41) is 17.6. The fraction of sp³-hybridized carbons (Fsp3) is 0.559. The van der Waals surface area contributed by atoms with E-state index in [4.69, 9.17) is 32.5 Å². The van der Waals surface area contributed by atoms with Crippen molar-refractivity contribution >= 4 is 68.1 Å². The van der Waals surface area contributed by atoms with Gasteiger partial charge in [0.1, 0.15) is 23.9 Å². The third kappa shape index (κ3) is 11.0. The van der Waals surface area contributed by atoms with Crippen LogP contribution in [-0.4, -0.2) is 112 Å². The Morgan fingerprint density at radius 2 is 1.36 bits per heavy atom. The number of halogens is 1. The monoisotopic (exact) mass is 1160 g/mol. The second kappa shape index (κ2) is 23.5. The fourth-order valence-electron chi connectivity index (χ4n) is 13.0. The predicted molar refractivity (Wildman–Crippen MR) is 298 cm³/mol. The highest BCUT2D eigenvalue weighted by Crippen LogP contribution is 2.65. The Labute approximate surface area is 464 Å². The summed E-state index contributed by atoms with van der Waals surface area (Å²) in [6.07, 6.45) is -8.53. The summed E-state index contributed by atoms with van der Waals surface area (Å²) in [7, 11) is -5.43. The molecule has 0 unspecified atom stereocenters. The zero-order valence-corrected chi connectivity index (χ0v) is 50.3. The number of rotatable bonds is 20. The SMILES string of the molecule is CC[Si](CC)(CC)O[C@H]1C[C@H]2OC[C@@]2(OC(C)=O)[C@H]2[C@H](OC(=O)c3ccccc3)[C@]3(O)C[C@H](OC(=O)[C@H](O[Si](CC)(CC)CC)[C@@H](NC(=O)c4ccccc4)c4cccc(Br)c4)C(C)=C([C@@H](OC(C)=O)C(=O)[C@]12C)C3(C)C. The summed E-state index contributed by atoms with van der Waals surface area (Å²) in [6.45, 7) is 21.2. The molecule has 0 radical (unpaired) electrons. The Kier molecular flexibility index (Phi) is 18.2. The van der Waals surface area contributed by atoms with Crippen molar-refractivity contribution in [2.45, 2.75) is 186 Å². The third-order valence-corrected chi connectivity index (χ3v) is 27.9. The number of aliphatic hydroxyl groups is 1. The van der Waals surface area contributed by atoms with Crippen LogP contribution in [0.15, 0.2) is 101 Å². The number of hydrogen-bond acceptors (Lipinski definition) is 14. The van der Waals surface area contributed by atoms with Gasteiger partial charge in [-0.15, -0.1) is 0 Å². The lowest BCUT2D eigenvalue weighted by Crippen LogP contribution is -2.82. The number of esters is 4. The average Bonchev–Trinajstić information content (AvgIpc) is 3.52. The topological polar surface area (TPSA) is 199 Å². The molecule has 0 spiro atoms. The minimum Gasteiger partial charge on any atom is -0.456 e. The molecule has 18 heteroatoms. The predicted octanol–water partition coefficient (Wildman–Crippen LogP) is 10.6. The van der Waals surface area contributed by atoms with Crippen LogP contribution in [-0.2, 0) is 51.7 Å². The molecule has 3 aromatic rings. The molecule has 3 fully saturated rings. The standard InChI is InChI=1S/C59H78BrNO14Si2/c1-13-76(14-2,15-3)74-44-33-45-58(35-69-45,73-38(9)63)50-52(72-54(66)40-28-23-20-24-29-40)59(68)34-43(36(7)46(56(59,10)11)48(70-37(8)62)51(64)57(44,50)12)71-55(67)49(75-77(16-4,17-5)18-6)47(41-30-25-31-42(60)32-41)61-53(65)39-26-21-19-22-27-39/h19-32,43-45,47-50,52,68H,13-18,33-35H2,1-12H3,(H,61,65)/t43-,44-,45+,47-,48+,49+,50-,52-,57+,58-,59+/m0/s1. The first-order valence-corrected chi connectivity index (χ1v) is 33.2. The third-order valence-electron chi connectivity index (χ3n) is 18.1. The van der Waals surface area contributed by atoms with Crippen molar-refractivity contribution in [1.29, 1.82) is 0 Å². The Morgan fingerprint density at radius 1 is 0.779 bits per heavy atom. The van der Waals surface area contributed by atoms with Gasteiger partial charge in [0.05, 0.1) is 35.6 Å². The highest BCUT2D eigenvalue weighted by molar-refractivity contribution is 9.10. The number of ether oxygens (including phenoxy) is 5.